The third-order valence-corrected chi connectivity index (χ3v) is 2.68. The van der Waals surface area contributed by atoms with E-state index in [4.69, 9.17) is 4.74 Å². The van der Waals surface area contributed by atoms with E-state index in [1.165, 1.54) is 0 Å². The van der Waals surface area contributed by atoms with Crippen LogP contribution in [0.2, 0.25) is 0 Å². The van der Waals surface area contributed by atoms with Crippen molar-refractivity contribution in [3.63, 3.8) is 0 Å². The smallest absolute Gasteiger partial charge is 0.356 e. The molecule has 0 atom stereocenters. The third-order valence-electron chi connectivity index (χ3n) is 2.68. The van der Waals surface area contributed by atoms with E-state index < -0.39 is 5.97 Å². The van der Waals surface area contributed by atoms with Gasteiger partial charge in [-0.15, -0.1) is 0 Å². The van der Waals surface area contributed by atoms with E-state index in [2.05, 4.69) is 15.5 Å². The highest BCUT2D eigenvalue weighted by Gasteiger charge is 2.30. The summed E-state index contributed by atoms with van der Waals surface area (Å²) in [4.78, 5) is 23.1. The minimum atomic E-state index is -0.454. The summed E-state index contributed by atoms with van der Waals surface area (Å²) in [6, 6.07) is 0. The van der Waals surface area contributed by atoms with Crippen molar-refractivity contribution >= 4 is 17.7 Å². The molecule has 0 unspecified atom stereocenters. The van der Waals surface area contributed by atoms with Gasteiger partial charge in [-0.1, -0.05) is 0 Å². The van der Waals surface area contributed by atoms with Gasteiger partial charge in [0.05, 0.1) is 6.61 Å². The molecule has 17 heavy (non-hydrogen) atoms. The number of aromatic amines is 1. The zero-order chi connectivity index (χ0) is 12.4. The molecule has 0 bridgehead atoms. The highest BCUT2D eigenvalue weighted by Crippen LogP contribution is 2.30. The fourth-order valence-electron chi connectivity index (χ4n) is 1.49. The maximum atomic E-state index is 11.6. The lowest BCUT2D eigenvalue weighted by atomic mass is 10.2. The number of anilines is 1. The highest BCUT2D eigenvalue weighted by atomic mass is 16.5. The maximum Gasteiger partial charge on any atom is 0.356 e. The van der Waals surface area contributed by atoms with Gasteiger partial charge in [0, 0.05) is 11.5 Å². The number of hydrogen-bond donors (Lipinski definition) is 2. The van der Waals surface area contributed by atoms with Gasteiger partial charge in [0.25, 0.3) is 0 Å². The molecule has 0 radical (unpaired) electrons. The molecule has 1 aliphatic carbocycles. The standard InChI is InChI=1S/C11H15N3O3/c1-3-17-11(16)8-6(2)9(14-13-8)12-10(15)7-4-5-7/h7H,3-5H2,1-2H3,(H2,12,13,14,15). The first-order valence-corrected chi connectivity index (χ1v) is 5.66. The second-order valence-corrected chi connectivity index (χ2v) is 4.06. The number of carbonyl (C=O) groups is 2. The predicted molar refractivity (Wildman–Crippen MR) is 60.6 cm³/mol. The van der Waals surface area contributed by atoms with E-state index in [1.54, 1.807) is 13.8 Å². The lowest BCUT2D eigenvalue weighted by Crippen LogP contribution is -2.14. The Morgan fingerprint density at radius 1 is 1.53 bits per heavy atom. The largest absolute Gasteiger partial charge is 0.461 e. The van der Waals surface area contributed by atoms with Crippen LogP contribution in [-0.2, 0) is 9.53 Å². The van der Waals surface area contributed by atoms with Gasteiger partial charge in [-0.25, -0.2) is 4.79 Å². The number of rotatable bonds is 4. The molecule has 6 heteroatoms. The van der Waals surface area contributed by atoms with Crippen molar-refractivity contribution in [2.45, 2.75) is 26.7 Å². The Kier molecular flexibility index (Phi) is 3.12. The normalized spacial score (nSPS) is 14.5. The quantitative estimate of drug-likeness (QED) is 0.772. The van der Waals surface area contributed by atoms with Crippen LogP contribution in [0.25, 0.3) is 0 Å². The minimum absolute atomic E-state index is 0.0324. The van der Waals surface area contributed by atoms with E-state index in [0.29, 0.717) is 18.0 Å². The van der Waals surface area contributed by atoms with Gasteiger partial charge < -0.3 is 10.1 Å². The predicted octanol–water partition coefficient (Wildman–Crippen LogP) is 1.24. The number of hydrogen-bond acceptors (Lipinski definition) is 4. The lowest BCUT2D eigenvalue weighted by molar-refractivity contribution is -0.117. The summed E-state index contributed by atoms with van der Waals surface area (Å²) in [7, 11) is 0. The number of ether oxygens (including phenoxy) is 1. The second-order valence-electron chi connectivity index (χ2n) is 4.06. The molecule has 1 amide bonds. The van der Waals surface area contributed by atoms with Gasteiger partial charge >= 0.3 is 5.97 Å². The number of nitrogens with zero attached hydrogens (tertiary/aromatic N) is 1. The van der Waals surface area contributed by atoms with Crippen LogP contribution in [-0.4, -0.2) is 28.7 Å². The highest BCUT2D eigenvalue weighted by molar-refractivity contribution is 5.96. The van der Waals surface area contributed by atoms with Gasteiger partial charge in [0.2, 0.25) is 5.91 Å². The molecule has 1 aromatic rings. The monoisotopic (exact) mass is 237 g/mol. The van der Waals surface area contributed by atoms with Crippen LogP contribution in [0.1, 0.15) is 35.8 Å². The zero-order valence-electron chi connectivity index (χ0n) is 9.87. The summed E-state index contributed by atoms with van der Waals surface area (Å²) in [6.07, 6.45) is 1.86. The molecule has 0 saturated heterocycles. The molecule has 2 rings (SSSR count). The Morgan fingerprint density at radius 2 is 2.24 bits per heavy atom. The molecule has 1 saturated carbocycles. The van der Waals surface area contributed by atoms with Crippen LogP contribution in [0.5, 0.6) is 0 Å². The molecule has 2 N–H and O–H groups in total. The molecule has 6 nitrogen and oxygen atoms in total. The van der Waals surface area contributed by atoms with Crippen molar-refractivity contribution < 1.29 is 14.3 Å². The molecule has 0 aromatic carbocycles. The molecule has 92 valence electrons. The van der Waals surface area contributed by atoms with Crippen LogP contribution in [0.15, 0.2) is 0 Å². The summed E-state index contributed by atoms with van der Waals surface area (Å²) in [5.74, 6) is 0.0292. The van der Waals surface area contributed by atoms with Crippen molar-refractivity contribution in [2.75, 3.05) is 11.9 Å². The summed E-state index contributed by atoms with van der Waals surface area (Å²) in [6.45, 7) is 3.76. The van der Waals surface area contributed by atoms with Crippen molar-refractivity contribution in [3.8, 4) is 0 Å². The maximum absolute atomic E-state index is 11.6. The minimum Gasteiger partial charge on any atom is -0.461 e. The number of H-pyrrole nitrogens is 1. The number of amides is 1. The molecular formula is C11H15N3O3. The molecule has 1 heterocycles. The fourth-order valence-corrected chi connectivity index (χ4v) is 1.49. The van der Waals surface area contributed by atoms with E-state index in [-0.39, 0.29) is 17.5 Å². The number of esters is 1. The van der Waals surface area contributed by atoms with E-state index >= 15 is 0 Å². The summed E-state index contributed by atoms with van der Waals surface area (Å²) in [5.41, 5.74) is 0.899. The Balaban J connectivity index is 2.08. The van der Waals surface area contributed by atoms with E-state index in [1.807, 2.05) is 0 Å². The van der Waals surface area contributed by atoms with Gasteiger partial charge in [-0.2, -0.15) is 5.10 Å². The van der Waals surface area contributed by atoms with Crippen LogP contribution in [0, 0.1) is 12.8 Å². The van der Waals surface area contributed by atoms with Gasteiger partial charge in [-0.05, 0) is 26.7 Å². The first-order chi connectivity index (χ1) is 8.13. The number of carbonyl (C=O) groups excluding carboxylic acids is 2. The van der Waals surface area contributed by atoms with Crippen molar-refractivity contribution in [3.05, 3.63) is 11.3 Å². The second kappa shape index (κ2) is 4.57. The first-order valence-electron chi connectivity index (χ1n) is 5.66. The SMILES string of the molecule is CCOC(=O)c1[nH]nc(NC(=O)C2CC2)c1C. The Bertz CT molecular complexity index is 449. The van der Waals surface area contributed by atoms with Crippen LogP contribution in [0.3, 0.4) is 0 Å². The molecule has 1 fully saturated rings. The summed E-state index contributed by atoms with van der Waals surface area (Å²) in [5, 5.41) is 9.20. The van der Waals surface area contributed by atoms with Crippen molar-refractivity contribution in [1.29, 1.82) is 0 Å². The van der Waals surface area contributed by atoms with Crippen LogP contribution < -0.4 is 5.32 Å². The summed E-state index contributed by atoms with van der Waals surface area (Å²) >= 11 is 0. The van der Waals surface area contributed by atoms with Gasteiger partial charge in [0.1, 0.15) is 5.69 Å². The van der Waals surface area contributed by atoms with Gasteiger partial charge in [-0.3, -0.25) is 9.89 Å². The molecule has 0 aliphatic heterocycles. The molecule has 1 aliphatic rings. The molecule has 0 spiro atoms. The molecule has 1 aromatic heterocycles. The first kappa shape index (κ1) is 11.6. The average Bonchev–Trinajstić information content (AvgIpc) is 3.07. The van der Waals surface area contributed by atoms with Crippen LogP contribution in [0.4, 0.5) is 5.82 Å². The molecular weight excluding hydrogens is 222 g/mol. The number of nitrogens with one attached hydrogen (secondary N) is 2. The van der Waals surface area contributed by atoms with Gasteiger partial charge in [0.15, 0.2) is 5.82 Å². The zero-order valence-corrected chi connectivity index (χ0v) is 9.87. The Labute approximate surface area is 98.7 Å². The Hall–Kier alpha value is -1.85. The fraction of sp³-hybridized carbons (Fsp3) is 0.545. The van der Waals surface area contributed by atoms with Crippen molar-refractivity contribution in [1.82, 2.24) is 10.2 Å². The Morgan fingerprint density at radius 3 is 2.82 bits per heavy atom. The number of aromatic nitrogens is 2. The lowest BCUT2D eigenvalue weighted by Gasteiger charge is -2.02. The van der Waals surface area contributed by atoms with Crippen molar-refractivity contribution in [2.24, 2.45) is 5.92 Å². The topological polar surface area (TPSA) is 84.1 Å². The third kappa shape index (κ3) is 2.46. The van der Waals surface area contributed by atoms with E-state index in [0.717, 1.165) is 12.8 Å². The average molecular weight is 237 g/mol. The van der Waals surface area contributed by atoms with E-state index in [9.17, 15) is 9.59 Å². The summed E-state index contributed by atoms with van der Waals surface area (Å²) < 4.78 is 4.86. The van der Waals surface area contributed by atoms with Crippen LogP contribution >= 0.6 is 0 Å².